The van der Waals surface area contributed by atoms with E-state index in [-0.39, 0.29) is 52.1 Å². The number of phenols is 1. The number of phenolic OH excluding ortho intramolecular Hbond substituents is 1. The smallest absolute Gasteiger partial charge is 0.474 e. The first kappa shape index (κ1) is 33.4. The molecule has 0 aliphatic carbocycles. The molecule has 0 spiro atoms. The maximum atomic E-state index is 13.1. The highest BCUT2D eigenvalue weighted by Crippen LogP contribution is 2.50. The molecule has 2 aromatic rings. The second-order valence-electron chi connectivity index (χ2n) is 9.56. The molecule has 16 nitrogen and oxygen atoms in total. The van der Waals surface area contributed by atoms with Crippen molar-refractivity contribution in [1.29, 1.82) is 0 Å². The number of aliphatic hydroxyl groups excluding tert-OH is 2. The predicted molar refractivity (Wildman–Crippen MR) is 149 cm³/mol. The first-order valence-electron chi connectivity index (χ1n) is 12.7. The molecule has 1 aromatic heterocycles. The molecule has 7 atom stereocenters. The number of hydrogen-bond acceptors (Lipinski definition) is 14. The number of aryl methyl sites for hydroxylation is 1. The number of nitrogens with one attached hydrogen (secondary N) is 1. The number of aliphatic hydroxyl groups is 2. The van der Waals surface area contributed by atoms with Crippen molar-refractivity contribution in [2.45, 2.75) is 50.8 Å². The molecule has 0 saturated carbocycles. The van der Waals surface area contributed by atoms with Gasteiger partial charge in [0, 0.05) is 49.3 Å². The zero-order valence-corrected chi connectivity index (χ0v) is 25.5. The van der Waals surface area contributed by atoms with Crippen molar-refractivity contribution in [3.63, 3.8) is 0 Å². The van der Waals surface area contributed by atoms with E-state index in [4.69, 9.17) is 55.8 Å². The third-order valence-corrected chi connectivity index (χ3v) is 8.77. The molecule has 1 aromatic carbocycles. The summed E-state index contributed by atoms with van der Waals surface area (Å²) < 4.78 is 45.8. The van der Waals surface area contributed by atoms with Crippen LogP contribution in [0.2, 0.25) is 10.0 Å². The molecule has 0 radical (unpaired) electrons. The SMILES string of the molecule is COc1cc(Cl)c(/C=N/O[C@@H]2C[C@H](n3cc(C)c(=O)[nH]c3=O)O[C@@H]2COP(=O)(OC)OC[C@@H]2CC(O)OC2O)c(Cl)c1O. The van der Waals surface area contributed by atoms with Gasteiger partial charge in [-0.25, -0.2) is 9.36 Å². The van der Waals surface area contributed by atoms with Crippen LogP contribution < -0.4 is 16.0 Å². The minimum absolute atomic E-state index is 0.0215. The van der Waals surface area contributed by atoms with Crippen LogP contribution in [-0.2, 0) is 32.4 Å². The normalized spacial score (nSPS) is 27.0. The van der Waals surface area contributed by atoms with Crippen molar-refractivity contribution in [2.24, 2.45) is 11.1 Å². The van der Waals surface area contributed by atoms with Crippen LogP contribution in [0.4, 0.5) is 0 Å². The Hall–Kier alpha value is -2.50. The van der Waals surface area contributed by atoms with Crippen molar-refractivity contribution in [3.05, 3.63) is 54.3 Å². The number of rotatable bonds is 12. The summed E-state index contributed by atoms with van der Waals surface area (Å²) in [6, 6.07) is 1.33. The standard InChI is InChI=1S/C24H30Cl2N3O13P/c1-11-8-29(24(34)28-22(11)32)18-6-15(42-27-7-13-14(25)5-16(36-2)21(31)20(13)26)17(40-18)10-39-43(35,37-3)38-9-12-4-19(30)41-23(12)33/h5,7-8,12,15,17-19,23,30-31,33H,4,6,9-10H2,1-3H3,(H,28,32,34)/b27-7+/t12-,15+,17+,18+,19?,23?,43?/m0/s1. The number of aromatic nitrogens is 2. The van der Waals surface area contributed by atoms with E-state index in [1.807, 2.05) is 0 Å². The topological polar surface area (TPSA) is 210 Å². The van der Waals surface area contributed by atoms with E-state index in [0.717, 1.165) is 17.9 Å². The highest BCUT2D eigenvalue weighted by atomic mass is 35.5. The van der Waals surface area contributed by atoms with Gasteiger partial charge in [-0.2, -0.15) is 0 Å². The molecule has 2 fully saturated rings. The molecule has 4 rings (SSSR count). The molecule has 19 heteroatoms. The first-order valence-corrected chi connectivity index (χ1v) is 15.0. The lowest BCUT2D eigenvalue weighted by Gasteiger charge is -2.22. The van der Waals surface area contributed by atoms with Gasteiger partial charge in [0.1, 0.15) is 12.3 Å². The fourth-order valence-electron chi connectivity index (χ4n) is 4.32. The van der Waals surface area contributed by atoms with Gasteiger partial charge < -0.3 is 34.4 Å². The van der Waals surface area contributed by atoms with Crippen LogP contribution in [0.1, 0.15) is 30.2 Å². The number of oxime groups is 1. The lowest BCUT2D eigenvalue weighted by Crippen LogP contribution is -2.33. The highest BCUT2D eigenvalue weighted by Gasteiger charge is 2.42. The van der Waals surface area contributed by atoms with Gasteiger partial charge in [-0.1, -0.05) is 28.4 Å². The van der Waals surface area contributed by atoms with E-state index in [1.165, 1.54) is 26.3 Å². The molecule has 238 valence electrons. The average Bonchev–Trinajstić information content (AvgIpc) is 3.53. The summed E-state index contributed by atoms with van der Waals surface area (Å²) in [5.41, 5.74) is -0.918. The monoisotopic (exact) mass is 669 g/mol. The summed E-state index contributed by atoms with van der Waals surface area (Å²) in [5, 5.41) is 33.4. The van der Waals surface area contributed by atoms with E-state index >= 15 is 0 Å². The summed E-state index contributed by atoms with van der Waals surface area (Å²) >= 11 is 12.4. The number of benzene rings is 1. The molecule has 4 N–H and O–H groups in total. The van der Waals surface area contributed by atoms with Gasteiger partial charge in [0.05, 0.1) is 36.6 Å². The maximum Gasteiger partial charge on any atom is 0.474 e. The summed E-state index contributed by atoms with van der Waals surface area (Å²) in [4.78, 5) is 32.2. The fourth-order valence-corrected chi connectivity index (χ4v) is 5.84. The Morgan fingerprint density at radius 2 is 1.91 bits per heavy atom. The Morgan fingerprint density at radius 3 is 2.56 bits per heavy atom. The Bertz CT molecular complexity index is 1500. The van der Waals surface area contributed by atoms with Gasteiger partial charge >= 0.3 is 13.5 Å². The molecule has 2 saturated heterocycles. The quantitative estimate of drug-likeness (QED) is 0.145. The minimum atomic E-state index is -4.21. The Balaban J connectivity index is 1.51. The number of aromatic amines is 1. The third-order valence-electron chi connectivity index (χ3n) is 6.70. The van der Waals surface area contributed by atoms with Gasteiger partial charge in [-0.15, -0.1) is 0 Å². The minimum Gasteiger partial charge on any atom is -0.503 e. The van der Waals surface area contributed by atoms with E-state index in [1.54, 1.807) is 0 Å². The van der Waals surface area contributed by atoms with Gasteiger partial charge in [0.25, 0.3) is 5.56 Å². The summed E-state index contributed by atoms with van der Waals surface area (Å²) in [5.74, 6) is -0.999. The largest absolute Gasteiger partial charge is 0.503 e. The zero-order chi connectivity index (χ0) is 31.5. The van der Waals surface area contributed by atoms with E-state index < -0.39 is 62.6 Å². The summed E-state index contributed by atoms with van der Waals surface area (Å²) in [7, 11) is -1.78. The van der Waals surface area contributed by atoms with Crippen LogP contribution in [0.5, 0.6) is 11.5 Å². The van der Waals surface area contributed by atoms with E-state index in [0.29, 0.717) is 0 Å². The zero-order valence-electron chi connectivity index (χ0n) is 23.0. The van der Waals surface area contributed by atoms with Crippen molar-refractivity contribution in [3.8, 4) is 11.5 Å². The highest BCUT2D eigenvalue weighted by molar-refractivity contribution is 7.48. The first-order chi connectivity index (χ1) is 20.4. The van der Waals surface area contributed by atoms with Crippen molar-refractivity contribution in [2.75, 3.05) is 27.4 Å². The lowest BCUT2D eigenvalue weighted by atomic mass is 10.1. The number of halogens is 2. The number of methoxy groups -OCH3 is 1. The molecule has 43 heavy (non-hydrogen) atoms. The Morgan fingerprint density at radius 1 is 1.19 bits per heavy atom. The van der Waals surface area contributed by atoms with Crippen molar-refractivity contribution < 1.29 is 52.5 Å². The average molecular weight is 670 g/mol. The fraction of sp³-hybridized carbons (Fsp3) is 0.542. The van der Waals surface area contributed by atoms with Crippen molar-refractivity contribution in [1.82, 2.24) is 9.55 Å². The lowest BCUT2D eigenvalue weighted by molar-refractivity contribution is -0.170. The maximum absolute atomic E-state index is 13.1. The molecule has 0 amide bonds. The van der Waals surface area contributed by atoms with Crippen LogP contribution in [0.25, 0.3) is 0 Å². The molecule has 2 aliphatic heterocycles. The van der Waals surface area contributed by atoms with Crippen molar-refractivity contribution >= 4 is 37.2 Å². The second kappa shape index (κ2) is 14.1. The summed E-state index contributed by atoms with van der Waals surface area (Å²) in [6.45, 7) is 0.762. The number of H-pyrrole nitrogens is 1. The number of ether oxygens (including phenoxy) is 3. The molecular weight excluding hydrogens is 640 g/mol. The predicted octanol–water partition coefficient (Wildman–Crippen LogP) is 2.03. The molecular formula is C24H30Cl2N3O13P. The second-order valence-corrected chi connectivity index (χ2v) is 12.1. The van der Waals surface area contributed by atoms with Crippen LogP contribution >= 0.6 is 31.0 Å². The van der Waals surface area contributed by atoms with Crippen LogP contribution in [0.3, 0.4) is 0 Å². The van der Waals surface area contributed by atoms with Crippen LogP contribution in [-0.4, -0.2) is 83.3 Å². The van der Waals surface area contributed by atoms with Crippen LogP contribution in [0, 0.1) is 12.8 Å². The number of phosphoric acid groups is 1. The molecule has 0 bridgehead atoms. The Labute approximate surface area is 254 Å². The van der Waals surface area contributed by atoms with Gasteiger partial charge in [-0.3, -0.25) is 27.9 Å². The number of phosphoric ester groups is 1. The van der Waals surface area contributed by atoms with Crippen LogP contribution in [0.15, 0.2) is 27.0 Å². The van der Waals surface area contributed by atoms with E-state index in [9.17, 15) is 29.5 Å². The number of hydrogen-bond donors (Lipinski definition) is 4. The van der Waals surface area contributed by atoms with Gasteiger partial charge in [0.2, 0.25) is 0 Å². The van der Waals surface area contributed by atoms with Gasteiger partial charge in [-0.05, 0) is 6.92 Å². The van der Waals surface area contributed by atoms with E-state index in [2.05, 4.69) is 10.1 Å². The summed E-state index contributed by atoms with van der Waals surface area (Å²) in [6.07, 6.45) is -2.87. The van der Waals surface area contributed by atoms with Gasteiger partial charge in [0.15, 0.2) is 30.2 Å². The Kier molecular flexibility index (Phi) is 10.9. The number of aromatic hydroxyl groups is 1. The number of nitrogens with zero attached hydrogens (tertiary/aromatic N) is 2. The third kappa shape index (κ3) is 7.78. The molecule has 2 aliphatic rings. The molecule has 3 unspecified atom stereocenters. The molecule has 3 heterocycles.